The molecule has 2 atom stereocenters. The van der Waals surface area contributed by atoms with Crippen molar-refractivity contribution in [3.8, 4) is 11.5 Å². The number of alkyl halides is 3. The van der Waals surface area contributed by atoms with Gasteiger partial charge in [0.25, 0.3) is 0 Å². The van der Waals surface area contributed by atoms with Crippen LogP contribution in [0.25, 0.3) is 10.9 Å². The van der Waals surface area contributed by atoms with Gasteiger partial charge < -0.3 is 45.4 Å². The minimum Gasteiger partial charge on any atom is -0.492 e. The van der Waals surface area contributed by atoms with Crippen molar-refractivity contribution in [1.82, 2.24) is 4.57 Å². The predicted molar refractivity (Wildman–Crippen MR) is 128 cm³/mol. The lowest BCUT2D eigenvalue weighted by molar-refractivity contribution is -0.192. The Morgan fingerprint density at radius 2 is 1.90 bits per heavy atom. The molecular formula is C23H26F4N4O8. The van der Waals surface area contributed by atoms with Crippen LogP contribution in [0, 0.1) is 11.7 Å². The number of carboxylic acid groups (broad SMARTS) is 2. The summed E-state index contributed by atoms with van der Waals surface area (Å²) in [6.07, 6.45) is -2.93. The number of carbonyl (C=O) groups is 2. The average Bonchev–Trinajstić information content (AvgIpc) is 3.53. The van der Waals surface area contributed by atoms with Crippen molar-refractivity contribution < 1.29 is 51.6 Å². The SMILES string of the molecule is COc1c(N2CC3CCOC3(CN)C2)c(F)c(N)c2c(=O)c(OC(=O)O)cn(C3CC3)c12.O=C(O)C(F)(F)F. The van der Waals surface area contributed by atoms with Crippen LogP contribution in [0.3, 0.4) is 0 Å². The number of anilines is 2. The van der Waals surface area contributed by atoms with Gasteiger partial charge in [0.1, 0.15) is 11.3 Å². The van der Waals surface area contributed by atoms with Gasteiger partial charge in [-0.05, 0) is 19.3 Å². The molecular weight excluding hydrogens is 536 g/mol. The van der Waals surface area contributed by atoms with Gasteiger partial charge in [0, 0.05) is 38.2 Å². The number of rotatable bonds is 5. The lowest BCUT2D eigenvalue weighted by Crippen LogP contribution is -2.44. The maximum Gasteiger partial charge on any atom is 0.511 e. The third-order valence-electron chi connectivity index (χ3n) is 7.09. The second kappa shape index (κ2) is 10.1. The van der Waals surface area contributed by atoms with Gasteiger partial charge >= 0.3 is 18.3 Å². The second-order valence-electron chi connectivity index (χ2n) is 9.45. The van der Waals surface area contributed by atoms with Gasteiger partial charge in [-0.3, -0.25) is 4.79 Å². The van der Waals surface area contributed by atoms with Gasteiger partial charge in [-0.25, -0.2) is 14.0 Å². The fourth-order valence-electron chi connectivity index (χ4n) is 5.15. The molecule has 0 amide bonds. The van der Waals surface area contributed by atoms with Crippen LogP contribution in [0.4, 0.5) is 33.7 Å². The maximum atomic E-state index is 15.7. The Labute approximate surface area is 217 Å². The molecule has 3 fully saturated rings. The first kappa shape index (κ1) is 28.2. The average molecular weight is 562 g/mol. The molecule has 1 aliphatic carbocycles. The highest BCUT2D eigenvalue weighted by atomic mass is 19.4. The molecule has 16 heteroatoms. The van der Waals surface area contributed by atoms with E-state index >= 15 is 4.39 Å². The van der Waals surface area contributed by atoms with Gasteiger partial charge in [0.05, 0.1) is 29.9 Å². The summed E-state index contributed by atoms with van der Waals surface area (Å²) in [5.41, 5.74) is 10.9. The Kier molecular flexibility index (Phi) is 7.29. The van der Waals surface area contributed by atoms with E-state index in [0.29, 0.717) is 31.8 Å². The summed E-state index contributed by atoms with van der Waals surface area (Å²) in [6.45, 7) is 1.82. The van der Waals surface area contributed by atoms with Gasteiger partial charge in [0.2, 0.25) is 5.43 Å². The van der Waals surface area contributed by atoms with E-state index in [1.165, 1.54) is 13.3 Å². The zero-order chi connectivity index (χ0) is 28.9. The first-order valence-electron chi connectivity index (χ1n) is 11.8. The molecule has 1 aromatic heterocycles. The number of benzene rings is 1. The van der Waals surface area contributed by atoms with Gasteiger partial charge in [-0.2, -0.15) is 13.2 Å². The fourth-order valence-corrected chi connectivity index (χ4v) is 5.15. The quantitative estimate of drug-likeness (QED) is 0.239. The van der Waals surface area contributed by atoms with Crippen molar-refractivity contribution in [2.75, 3.05) is 44.0 Å². The molecule has 0 radical (unpaired) electrons. The topological polar surface area (TPSA) is 180 Å². The van der Waals surface area contributed by atoms with Crippen LogP contribution >= 0.6 is 0 Å². The number of nitrogens with two attached hydrogens (primary N) is 2. The summed E-state index contributed by atoms with van der Waals surface area (Å²) >= 11 is 0. The molecule has 12 nitrogen and oxygen atoms in total. The molecule has 3 heterocycles. The molecule has 1 saturated carbocycles. The number of pyridine rings is 1. The highest BCUT2D eigenvalue weighted by Gasteiger charge is 2.51. The smallest absolute Gasteiger partial charge is 0.492 e. The molecule has 2 unspecified atom stereocenters. The minimum atomic E-state index is -5.08. The summed E-state index contributed by atoms with van der Waals surface area (Å²) < 4.78 is 65.5. The minimum absolute atomic E-state index is 0.00229. The molecule has 5 rings (SSSR count). The van der Waals surface area contributed by atoms with Gasteiger partial charge in [0.15, 0.2) is 17.3 Å². The van der Waals surface area contributed by atoms with Gasteiger partial charge in [-0.1, -0.05) is 0 Å². The number of aliphatic carboxylic acids is 1. The number of halogens is 4. The lowest BCUT2D eigenvalue weighted by Gasteiger charge is -2.29. The number of hydrogen-bond donors (Lipinski definition) is 4. The first-order valence-corrected chi connectivity index (χ1v) is 11.8. The van der Waals surface area contributed by atoms with E-state index in [1.807, 2.05) is 4.90 Å². The van der Waals surface area contributed by atoms with E-state index < -0.39 is 40.9 Å². The molecule has 3 aliphatic rings. The third-order valence-corrected chi connectivity index (χ3v) is 7.09. The van der Waals surface area contributed by atoms with Crippen LogP contribution in [-0.4, -0.2) is 72.0 Å². The number of carboxylic acids is 1. The Bertz CT molecular complexity index is 1380. The van der Waals surface area contributed by atoms with Crippen LogP contribution in [0.5, 0.6) is 11.5 Å². The Hall–Kier alpha value is -3.79. The zero-order valence-electron chi connectivity index (χ0n) is 20.6. The number of nitrogen functional groups attached to an aromatic ring is 1. The van der Waals surface area contributed by atoms with E-state index in [9.17, 15) is 22.8 Å². The van der Waals surface area contributed by atoms with Crippen LogP contribution in [0.2, 0.25) is 0 Å². The Morgan fingerprint density at radius 3 is 2.38 bits per heavy atom. The van der Waals surface area contributed by atoms with Crippen LogP contribution in [0.15, 0.2) is 11.0 Å². The van der Waals surface area contributed by atoms with E-state index in [0.717, 1.165) is 19.3 Å². The number of fused-ring (bicyclic) bond motifs is 2. The predicted octanol–water partition coefficient (Wildman–Crippen LogP) is 2.31. The monoisotopic (exact) mass is 562 g/mol. The van der Waals surface area contributed by atoms with E-state index in [1.54, 1.807) is 4.57 Å². The number of hydrogen-bond acceptors (Lipinski definition) is 9. The number of methoxy groups -OCH3 is 1. The highest BCUT2D eigenvalue weighted by molar-refractivity contribution is 6.01. The first-order chi connectivity index (χ1) is 18.3. The molecule has 2 saturated heterocycles. The Morgan fingerprint density at radius 1 is 1.26 bits per heavy atom. The second-order valence-corrected chi connectivity index (χ2v) is 9.45. The van der Waals surface area contributed by atoms with Crippen molar-refractivity contribution in [1.29, 1.82) is 0 Å². The highest BCUT2D eigenvalue weighted by Crippen LogP contribution is 2.49. The van der Waals surface area contributed by atoms with E-state index in [4.69, 9.17) is 35.9 Å². The molecule has 2 aromatic rings. The van der Waals surface area contributed by atoms with Crippen molar-refractivity contribution in [2.24, 2.45) is 11.7 Å². The summed E-state index contributed by atoms with van der Waals surface area (Å²) in [6, 6.07) is -0.00229. The molecule has 0 bridgehead atoms. The van der Waals surface area contributed by atoms with E-state index in [2.05, 4.69) is 4.74 Å². The maximum absolute atomic E-state index is 15.7. The van der Waals surface area contributed by atoms with Crippen molar-refractivity contribution >= 4 is 34.4 Å². The van der Waals surface area contributed by atoms with E-state index in [-0.39, 0.29) is 34.5 Å². The fraction of sp³-hybridized carbons (Fsp3) is 0.522. The standard InChI is InChI=1S/C21H25FN4O6.C2HF3O2/c1-30-19-16-13(18(27)12(32-20(28)29)7-26(16)11-2-3-11)15(24)14(22)17(19)25-6-10-4-5-31-21(10,8-23)9-25;3-2(4,5)1(6)7/h7,10-11H,2-6,8-9,23-24H2,1H3,(H,28,29);(H,6,7). The zero-order valence-corrected chi connectivity index (χ0v) is 20.6. The summed E-state index contributed by atoms with van der Waals surface area (Å²) in [7, 11) is 1.41. The lowest BCUT2D eigenvalue weighted by atomic mass is 9.91. The normalized spacial score (nSPS) is 22.3. The van der Waals surface area contributed by atoms with Crippen LogP contribution < -0.4 is 31.3 Å². The number of aromatic nitrogens is 1. The van der Waals surface area contributed by atoms with Crippen LogP contribution in [0.1, 0.15) is 25.3 Å². The van der Waals surface area contributed by atoms with Gasteiger partial charge in [-0.15, -0.1) is 0 Å². The Balaban J connectivity index is 0.000000448. The number of ether oxygens (including phenoxy) is 3. The molecule has 2 aliphatic heterocycles. The molecule has 1 aromatic carbocycles. The third kappa shape index (κ3) is 5.01. The van der Waals surface area contributed by atoms with Crippen LogP contribution in [-0.2, 0) is 9.53 Å². The molecule has 214 valence electrons. The summed E-state index contributed by atoms with van der Waals surface area (Å²) in [4.78, 5) is 34.8. The van der Waals surface area contributed by atoms with Crippen molar-refractivity contribution in [3.05, 3.63) is 22.2 Å². The number of nitrogens with zero attached hydrogens (tertiary/aromatic N) is 2. The molecule has 6 N–H and O–H groups in total. The molecule has 39 heavy (non-hydrogen) atoms. The van der Waals surface area contributed by atoms with Crippen molar-refractivity contribution in [3.63, 3.8) is 0 Å². The van der Waals surface area contributed by atoms with Crippen molar-refractivity contribution in [2.45, 2.75) is 37.1 Å². The summed E-state index contributed by atoms with van der Waals surface area (Å²) in [5.74, 6) is -3.67. The largest absolute Gasteiger partial charge is 0.511 e. The molecule has 0 spiro atoms. The summed E-state index contributed by atoms with van der Waals surface area (Å²) in [5, 5.41) is 16.0.